The Labute approximate surface area is 189 Å². The Kier molecular flexibility index (Phi) is 6.52. The number of hydrogen-bond donors (Lipinski definition) is 0. The van der Waals surface area contributed by atoms with Crippen molar-refractivity contribution in [3.63, 3.8) is 0 Å². The predicted octanol–water partition coefficient (Wildman–Crippen LogP) is 1.04. The van der Waals surface area contributed by atoms with Gasteiger partial charge in [0.1, 0.15) is 5.82 Å². The highest BCUT2D eigenvalue weighted by molar-refractivity contribution is 7.91. The van der Waals surface area contributed by atoms with E-state index in [-0.39, 0.29) is 23.5 Å². The molecule has 0 unspecified atom stereocenters. The number of aryl methyl sites for hydroxylation is 1. The number of carbonyl (C=O) groups is 1. The van der Waals surface area contributed by atoms with Crippen LogP contribution in [0, 0.1) is 13.8 Å². The summed E-state index contributed by atoms with van der Waals surface area (Å²) in [6.07, 6.45) is 2.40. The Morgan fingerprint density at radius 1 is 1.19 bits per heavy atom. The third-order valence-corrected chi connectivity index (χ3v) is 8.22. The van der Waals surface area contributed by atoms with Crippen LogP contribution in [0.4, 0.5) is 5.82 Å². The van der Waals surface area contributed by atoms with Crippen LogP contribution in [0.15, 0.2) is 24.4 Å². The lowest BCUT2D eigenvalue weighted by molar-refractivity contribution is -0.132. The quantitative estimate of drug-likeness (QED) is 0.636. The third kappa shape index (κ3) is 4.96. The molecule has 2 aliphatic rings. The molecule has 9 nitrogen and oxygen atoms in total. The van der Waals surface area contributed by atoms with Gasteiger partial charge in [-0.2, -0.15) is 5.10 Å². The normalized spacial score (nSPS) is 20.8. The summed E-state index contributed by atoms with van der Waals surface area (Å²) in [7, 11) is -1.02. The highest BCUT2D eigenvalue weighted by Crippen LogP contribution is 2.27. The van der Waals surface area contributed by atoms with Crippen molar-refractivity contribution in [2.75, 3.05) is 56.2 Å². The average Bonchev–Trinajstić information content (AvgIpc) is 3.27. The summed E-state index contributed by atoms with van der Waals surface area (Å²) in [5.41, 5.74) is 2.97. The lowest BCUT2D eigenvalue weighted by Crippen LogP contribution is -2.51. The van der Waals surface area contributed by atoms with Crippen LogP contribution in [0.25, 0.3) is 0 Å². The van der Waals surface area contributed by atoms with E-state index >= 15 is 0 Å². The van der Waals surface area contributed by atoms with Crippen LogP contribution in [-0.2, 0) is 21.2 Å². The molecule has 2 aromatic rings. The van der Waals surface area contributed by atoms with Crippen LogP contribution < -0.4 is 4.90 Å². The first-order valence-electron chi connectivity index (χ1n) is 11.1. The van der Waals surface area contributed by atoms with E-state index in [2.05, 4.69) is 15.0 Å². The molecule has 10 heteroatoms. The third-order valence-electron chi connectivity index (χ3n) is 6.47. The Morgan fingerprint density at radius 2 is 1.94 bits per heavy atom. The number of likely N-dealkylation sites (N-methyl/N-ethyl adjacent to an activating group) is 1. The van der Waals surface area contributed by atoms with Crippen LogP contribution in [0.3, 0.4) is 0 Å². The van der Waals surface area contributed by atoms with E-state index in [0.717, 1.165) is 35.9 Å². The Bertz CT molecular complexity index is 1060. The van der Waals surface area contributed by atoms with Gasteiger partial charge in [0.05, 0.1) is 29.8 Å². The number of pyridine rings is 1. The van der Waals surface area contributed by atoms with Crippen LogP contribution >= 0.6 is 0 Å². The molecule has 4 heterocycles. The minimum Gasteiger partial charge on any atom is -0.353 e. The van der Waals surface area contributed by atoms with Gasteiger partial charge in [0.25, 0.3) is 0 Å². The molecule has 0 N–H and O–H groups in total. The van der Waals surface area contributed by atoms with Crippen LogP contribution in [0.5, 0.6) is 0 Å². The van der Waals surface area contributed by atoms with E-state index in [4.69, 9.17) is 0 Å². The zero-order chi connectivity index (χ0) is 22.9. The Morgan fingerprint density at radius 3 is 2.56 bits per heavy atom. The number of nitrogens with zero attached hydrogens (tertiary/aromatic N) is 6. The van der Waals surface area contributed by atoms with E-state index in [1.165, 1.54) is 0 Å². The number of aromatic nitrogens is 3. The molecule has 174 valence electrons. The monoisotopic (exact) mass is 460 g/mol. The average molecular weight is 461 g/mol. The molecule has 1 amide bonds. The minimum absolute atomic E-state index is 0.0882. The summed E-state index contributed by atoms with van der Waals surface area (Å²) in [6, 6.07) is 5.79. The summed E-state index contributed by atoms with van der Waals surface area (Å²) in [5, 5.41) is 4.64. The van der Waals surface area contributed by atoms with Crippen LogP contribution in [0.2, 0.25) is 0 Å². The van der Waals surface area contributed by atoms with Gasteiger partial charge in [0.2, 0.25) is 5.91 Å². The lowest BCUT2D eigenvalue weighted by atomic mass is 10.1. The summed E-state index contributed by atoms with van der Waals surface area (Å²) in [4.78, 5) is 23.4. The van der Waals surface area contributed by atoms with Crippen molar-refractivity contribution in [3.8, 4) is 0 Å². The van der Waals surface area contributed by atoms with Gasteiger partial charge in [-0.3, -0.25) is 14.4 Å². The summed E-state index contributed by atoms with van der Waals surface area (Å²) in [6.45, 7) is 7.83. The second kappa shape index (κ2) is 9.19. The summed E-state index contributed by atoms with van der Waals surface area (Å²) < 4.78 is 25.6. The zero-order valence-electron chi connectivity index (χ0n) is 19.1. The molecule has 0 aliphatic carbocycles. The van der Waals surface area contributed by atoms with Gasteiger partial charge < -0.3 is 9.80 Å². The molecule has 0 aromatic carbocycles. The topological polar surface area (TPSA) is 91.6 Å². The summed E-state index contributed by atoms with van der Waals surface area (Å²) in [5.74, 6) is 1.47. The first kappa shape index (κ1) is 22.7. The van der Waals surface area contributed by atoms with Gasteiger partial charge in [0, 0.05) is 50.2 Å². The maximum atomic E-state index is 12.9. The lowest BCUT2D eigenvalue weighted by Gasteiger charge is -2.36. The van der Waals surface area contributed by atoms with Crippen molar-refractivity contribution in [2.24, 2.45) is 0 Å². The number of amides is 1. The summed E-state index contributed by atoms with van der Waals surface area (Å²) >= 11 is 0. The molecular weight excluding hydrogens is 428 g/mol. The SMILES string of the molecule is Cc1nn([C@@H]2CCS(=O)(=O)C2)c(C)c1CN(C)CC(=O)N1CCN(c2ccccn2)CC1. The maximum Gasteiger partial charge on any atom is 0.236 e. The van der Waals surface area contributed by atoms with E-state index in [1.807, 2.05) is 53.6 Å². The number of carbonyl (C=O) groups excluding carboxylic acids is 1. The first-order chi connectivity index (χ1) is 15.2. The molecule has 2 saturated heterocycles. The molecule has 0 radical (unpaired) electrons. The van der Waals surface area contributed by atoms with Gasteiger partial charge in [-0.05, 0) is 39.4 Å². The molecule has 0 bridgehead atoms. The number of rotatable bonds is 6. The molecule has 32 heavy (non-hydrogen) atoms. The van der Waals surface area contributed by atoms with Crippen molar-refractivity contribution in [1.82, 2.24) is 24.6 Å². The van der Waals surface area contributed by atoms with Gasteiger partial charge in [0.15, 0.2) is 9.84 Å². The fourth-order valence-corrected chi connectivity index (χ4v) is 6.32. The van der Waals surface area contributed by atoms with E-state index in [0.29, 0.717) is 32.6 Å². The standard InChI is InChI=1S/C22H32N6O3S/c1-17-20(18(2)28(24-17)19-7-13-32(30,31)16-19)14-25(3)15-22(29)27-11-9-26(10-12-27)21-6-4-5-8-23-21/h4-6,8,19H,7,9-16H2,1-3H3/t19-/m1/s1. The molecule has 0 saturated carbocycles. The van der Waals surface area contributed by atoms with E-state index in [9.17, 15) is 13.2 Å². The second-order valence-corrected chi connectivity index (χ2v) is 11.1. The van der Waals surface area contributed by atoms with Crippen LogP contribution in [-0.4, -0.2) is 90.2 Å². The molecule has 2 aromatic heterocycles. The molecule has 1 atom stereocenters. The molecule has 0 spiro atoms. The maximum absolute atomic E-state index is 12.9. The highest BCUT2D eigenvalue weighted by atomic mass is 32.2. The second-order valence-electron chi connectivity index (χ2n) is 8.88. The predicted molar refractivity (Wildman–Crippen MR) is 123 cm³/mol. The van der Waals surface area contributed by atoms with Gasteiger partial charge in [-0.15, -0.1) is 0 Å². The largest absolute Gasteiger partial charge is 0.353 e. The zero-order valence-corrected chi connectivity index (χ0v) is 19.9. The molecule has 2 fully saturated rings. The number of sulfone groups is 1. The smallest absolute Gasteiger partial charge is 0.236 e. The molecular formula is C22H32N6O3S. The van der Waals surface area contributed by atoms with E-state index in [1.54, 1.807) is 6.20 Å². The van der Waals surface area contributed by atoms with Crippen molar-refractivity contribution < 1.29 is 13.2 Å². The number of piperazine rings is 1. The minimum atomic E-state index is -2.97. The van der Waals surface area contributed by atoms with Crippen molar-refractivity contribution in [3.05, 3.63) is 41.3 Å². The first-order valence-corrected chi connectivity index (χ1v) is 12.9. The molecule has 4 rings (SSSR count). The Balaban J connectivity index is 1.32. The Hall–Kier alpha value is -2.46. The van der Waals surface area contributed by atoms with Gasteiger partial charge in [-0.1, -0.05) is 6.07 Å². The van der Waals surface area contributed by atoms with Crippen molar-refractivity contribution in [2.45, 2.75) is 32.9 Å². The molecule has 2 aliphatic heterocycles. The van der Waals surface area contributed by atoms with Crippen molar-refractivity contribution >= 4 is 21.6 Å². The van der Waals surface area contributed by atoms with Crippen LogP contribution in [0.1, 0.15) is 29.4 Å². The fraction of sp³-hybridized carbons (Fsp3) is 0.591. The van der Waals surface area contributed by atoms with E-state index < -0.39 is 9.84 Å². The highest BCUT2D eigenvalue weighted by Gasteiger charge is 2.31. The van der Waals surface area contributed by atoms with Crippen molar-refractivity contribution in [1.29, 1.82) is 0 Å². The number of anilines is 1. The number of hydrogen-bond acceptors (Lipinski definition) is 7. The van der Waals surface area contributed by atoms with Gasteiger partial charge in [-0.25, -0.2) is 13.4 Å². The van der Waals surface area contributed by atoms with Gasteiger partial charge >= 0.3 is 0 Å². The fourth-order valence-electron chi connectivity index (χ4n) is 4.63.